The fourth-order valence-corrected chi connectivity index (χ4v) is 6.19. The minimum atomic E-state index is -2.56. The van der Waals surface area contributed by atoms with E-state index in [4.69, 9.17) is 31.3 Å². The molecule has 0 aliphatic rings. The van der Waals surface area contributed by atoms with E-state index < -0.39 is 17.6 Å². The maximum atomic E-state index is 5.48. The van der Waals surface area contributed by atoms with Crippen LogP contribution in [-0.2, 0) is 31.3 Å². The first kappa shape index (κ1) is 23.2. The Kier molecular flexibility index (Phi) is 12.7. The first-order valence-electron chi connectivity index (χ1n) is 7.15. The molecule has 138 valence electrons. The van der Waals surface area contributed by atoms with Crippen LogP contribution >= 0.6 is 11.8 Å². The van der Waals surface area contributed by atoms with E-state index in [2.05, 4.69) is 0 Å². The van der Waals surface area contributed by atoms with Crippen LogP contribution in [-0.4, -0.2) is 72.8 Å². The van der Waals surface area contributed by atoms with E-state index >= 15 is 0 Å². The van der Waals surface area contributed by atoms with Crippen molar-refractivity contribution in [3.8, 4) is 0 Å². The molecular weight excluding hydrogens is 356 g/mol. The van der Waals surface area contributed by atoms with E-state index in [1.165, 1.54) is 0 Å². The van der Waals surface area contributed by atoms with E-state index in [1.807, 2.05) is 11.5 Å². The fraction of sp³-hybridized carbons (Fsp3) is 0.846. The molecule has 0 amide bonds. The quantitative estimate of drug-likeness (QED) is 0.333. The normalized spacial score (nSPS) is 14.6. The molecule has 0 aromatic heterocycles. The highest BCUT2D eigenvalue weighted by atomic mass is 32.2. The summed E-state index contributed by atoms with van der Waals surface area (Å²) in [6.07, 6.45) is 2.74. The van der Waals surface area contributed by atoms with Gasteiger partial charge in [0.15, 0.2) is 0 Å². The number of methoxy groups -OCH3 is 1. The number of hydrogen-bond donors (Lipinski definition) is 0. The summed E-state index contributed by atoms with van der Waals surface area (Å²) in [5.41, 5.74) is -0.0118. The van der Waals surface area contributed by atoms with E-state index in [-0.39, 0.29) is 5.44 Å². The molecule has 7 nitrogen and oxygen atoms in total. The Hall–Kier alpha value is 0.244. The van der Waals surface area contributed by atoms with Gasteiger partial charge in [-0.25, -0.2) is 0 Å². The molecule has 10 heteroatoms. The SMILES string of the molecule is COC(CC[Si](OC)(OC)OC)S/C=C/C[Si](OC)(OC)OC. The summed E-state index contributed by atoms with van der Waals surface area (Å²) in [7, 11) is 6.19. The molecule has 0 aliphatic heterocycles. The second-order valence-corrected chi connectivity index (χ2v) is 11.7. The Morgan fingerprint density at radius 1 is 0.783 bits per heavy atom. The average molecular weight is 387 g/mol. The van der Waals surface area contributed by atoms with Crippen LogP contribution in [0.15, 0.2) is 11.5 Å². The molecule has 0 aromatic rings. The monoisotopic (exact) mass is 386 g/mol. The number of thioether (sulfide) groups is 1. The van der Waals surface area contributed by atoms with Gasteiger partial charge in [0.2, 0.25) is 0 Å². The first-order valence-corrected chi connectivity index (χ1v) is 12.0. The van der Waals surface area contributed by atoms with Gasteiger partial charge >= 0.3 is 17.6 Å². The zero-order valence-corrected chi connectivity index (χ0v) is 17.9. The molecular formula is C13H30O7SSi2. The molecule has 0 spiro atoms. The molecule has 0 radical (unpaired) electrons. The van der Waals surface area contributed by atoms with Gasteiger partial charge in [-0.05, 0) is 11.8 Å². The Bertz CT molecular complexity index is 309. The van der Waals surface area contributed by atoms with Crippen LogP contribution in [0.1, 0.15) is 6.42 Å². The van der Waals surface area contributed by atoms with Crippen molar-refractivity contribution in [2.24, 2.45) is 0 Å². The molecule has 0 N–H and O–H groups in total. The van der Waals surface area contributed by atoms with Gasteiger partial charge in [0.05, 0.1) is 0 Å². The predicted molar refractivity (Wildman–Crippen MR) is 95.3 cm³/mol. The zero-order valence-electron chi connectivity index (χ0n) is 15.1. The summed E-state index contributed by atoms with van der Waals surface area (Å²) >= 11 is 1.57. The molecule has 0 aromatic carbocycles. The molecule has 23 heavy (non-hydrogen) atoms. The Morgan fingerprint density at radius 2 is 1.26 bits per heavy atom. The highest BCUT2D eigenvalue weighted by Gasteiger charge is 2.38. The van der Waals surface area contributed by atoms with Crippen molar-refractivity contribution in [1.29, 1.82) is 0 Å². The first-order chi connectivity index (χ1) is 11.0. The second-order valence-electron chi connectivity index (χ2n) is 4.51. The van der Waals surface area contributed by atoms with Gasteiger partial charge in [-0.1, -0.05) is 6.08 Å². The van der Waals surface area contributed by atoms with Crippen LogP contribution in [0.25, 0.3) is 0 Å². The van der Waals surface area contributed by atoms with Crippen molar-refractivity contribution in [3.05, 3.63) is 11.5 Å². The number of allylic oxidation sites excluding steroid dienone is 1. The van der Waals surface area contributed by atoms with Crippen LogP contribution in [0.3, 0.4) is 0 Å². The van der Waals surface area contributed by atoms with Gasteiger partial charge in [-0.15, -0.1) is 11.8 Å². The van der Waals surface area contributed by atoms with Gasteiger partial charge in [-0.3, -0.25) is 0 Å². The maximum Gasteiger partial charge on any atom is 0.504 e. The third-order valence-electron chi connectivity index (χ3n) is 3.51. The molecule has 0 heterocycles. The molecule has 0 saturated heterocycles. The Labute approximate surface area is 146 Å². The molecule has 1 unspecified atom stereocenters. The average Bonchev–Trinajstić information content (AvgIpc) is 2.62. The van der Waals surface area contributed by atoms with Gasteiger partial charge < -0.3 is 31.3 Å². The van der Waals surface area contributed by atoms with Crippen molar-refractivity contribution in [1.82, 2.24) is 0 Å². The zero-order chi connectivity index (χ0) is 17.8. The Balaban J connectivity index is 4.42. The molecule has 0 aliphatic carbocycles. The lowest BCUT2D eigenvalue weighted by Crippen LogP contribution is -2.43. The summed E-state index contributed by atoms with van der Waals surface area (Å²) in [4.78, 5) is 0. The number of rotatable bonds is 14. The molecule has 0 bridgehead atoms. The minimum absolute atomic E-state index is 0.0118. The topological polar surface area (TPSA) is 64.6 Å². The smallest absolute Gasteiger partial charge is 0.377 e. The third kappa shape index (κ3) is 7.77. The number of hydrogen-bond acceptors (Lipinski definition) is 8. The van der Waals surface area contributed by atoms with Crippen molar-refractivity contribution in [2.75, 3.05) is 49.8 Å². The lowest BCUT2D eigenvalue weighted by Gasteiger charge is -2.25. The van der Waals surface area contributed by atoms with Crippen molar-refractivity contribution < 1.29 is 31.3 Å². The molecule has 0 saturated carbocycles. The lowest BCUT2D eigenvalue weighted by atomic mass is 10.5. The second kappa shape index (κ2) is 12.6. The van der Waals surface area contributed by atoms with Crippen molar-refractivity contribution >= 4 is 29.4 Å². The fourth-order valence-electron chi connectivity index (χ4n) is 1.93. The summed E-state index contributed by atoms with van der Waals surface area (Å²) in [5, 5.41) is 1.97. The van der Waals surface area contributed by atoms with Crippen LogP contribution in [0.5, 0.6) is 0 Å². The van der Waals surface area contributed by atoms with E-state index in [0.29, 0.717) is 12.1 Å². The van der Waals surface area contributed by atoms with Gasteiger partial charge in [0.25, 0.3) is 0 Å². The van der Waals surface area contributed by atoms with Crippen LogP contribution < -0.4 is 0 Å². The summed E-state index contributed by atoms with van der Waals surface area (Å²) in [6, 6.07) is 1.29. The summed E-state index contributed by atoms with van der Waals surface area (Å²) < 4.78 is 37.8. The van der Waals surface area contributed by atoms with Gasteiger partial charge in [0.1, 0.15) is 5.44 Å². The van der Waals surface area contributed by atoms with Crippen LogP contribution in [0, 0.1) is 0 Å². The van der Waals surface area contributed by atoms with Crippen molar-refractivity contribution in [3.63, 3.8) is 0 Å². The maximum absolute atomic E-state index is 5.48. The predicted octanol–water partition coefficient (Wildman–Crippen LogP) is 2.35. The highest BCUT2D eigenvalue weighted by Crippen LogP contribution is 2.25. The van der Waals surface area contributed by atoms with E-state index in [0.717, 1.165) is 6.42 Å². The molecule has 1 atom stereocenters. The molecule has 0 fully saturated rings. The van der Waals surface area contributed by atoms with Gasteiger partial charge in [-0.2, -0.15) is 0 Å². The van der Waals surface area contributed by atoms with Crippen LogP contribution in [0.4, 0.5) is 0 Å². The van der Waals surface area contributed by atoms with Crippen molar-refractivity contribution in [2.45, 2.75) is 23.9 Å². The largest absolute Gasteiger partial charge is 0.504 e. The lowest BCUT2D eigenvalue weighted by molar-refractivity contribution is 0.113. The summed E-state index contributed by atoms with van der Waals surface area (Å²) in [6.45, 7) is 0. The minimum Gasteiger partial charge on any atom is -0.377 e. The Morgan fingerprint density at radius 3 is 1.65 bits per heavy atom. The van der Waals surface area contributed by atoms with E-state index in [9.17, 15) is 0 Å². The summed E-state index contributed by atoms with van der Waals surface area (Å²) in [5.74, 6) is 0. The standard InChI is InChI=1S/C13H30O7SSi2/c1-14-13(9-12-23(18-5,19-6)20-7)21-10-8-11-22(15-2,16-3)17-4/h8,10,13H,9,11-12H2,1-7H3/b10-8+. The van der Waals surface area contributed by atoms with Crippen LogP contribution in [0.2, 0.25) is 12.1 Å². The third-order valence-corrected chi connectivity index (χ3v) is 9.96. The molecule has 0 rings (SSSR count). The number of ether oxygens (including phenoxy) is 1. The van der Waals surface area contributed by atoms with Gasteiger partial charge in [0, 0.05) is 61.9 Å². The highest BCUT2D eigenvalue weighted by molar-refractivity contribution is 8.02. The van der Waals surface area contributed by atoms with E-state index in [1.54, 1.807) is 61.5 Å².